The van der Waals surface area contributed by atoms with Gasteiger partial charge in [-0.25, -0.2) is 0 Å². The highest BCUT2D eigenvalue weighted by Crippen LogP contribution is 1.95. The predicted octanol–water partition coefficient (Wildman–Crippen LogP) is 5.45. The van der Waals surface area contributed by atoms with Crippen molar-refractivity contribution < 1.29 is 0 Å². The molecule has 0 atom stereocenters. The molecule has 0 saturated heterocycles. The Morgan fingerprint density at radius 2 is 1.27 bits per heavy atom. The Kier molecular flexibility index (Phi) is 20.4. The van der Waals surface area contributed by atoms with E-state index in [0.29, 0.717) is 0 Å². The Balaban J connectivity index is 0. The molecule has 0 aromatic heterocycles. The van der Waals surface area contributed by atoms with Crippen molar-refractivity contribution in [1.82, 2.24) is 0 Å². The van der Waals surface area contributed by atoms with Crippen molar-refractivity contribution in [2.24, 2.45) is 0 Å². The van der Waals surface area contributed by atoms with Crippen LogP contribution in [-0.2, 0) is 0 Å². The van der Waals surface area contributed by atoms with Crippen molar-refractivity contribution in [3.05, 3.63) is 49.6 Å². The van der Waals surface area contributed by atoms with Crippen LogP contribution < -0.4 is 0 Å². The highest BCUT2D eigenvalue weighted by molar-refractivity contribution is 4.80. The fraction of sp³-hybridized carbons (Fsp3) is 0.467. The molecule has 0 aliphatic carbocycles. The highest BCUT2D eigenvalue weighted by Gasteiger charge is 1.75. The summed E-state index contributed by atoms with van der Waals surface area (Å²) in [5.41, 5.74) is 0. The van der Waals surface area contributed by atoms with Crippen molar-refractivity contribution in [3.63, 3.8) is 0 Å². The molecule has 0 saturated carbocycles. The Labute approximate surface area is 96.1 Å². The lowest BCUT2D eigenvalue weighted by atomic mass is 10.2. The molecule has 0 amide bonds. The Bertz CT molecular complexity index is 172. The number of hydrogen-bond acceptors (Lipinski definition) is 0. The van der Waals surface area contributed by atoms with Gasteiger partial charge >= 0.3 is 0 Å². The Hall–Kier alpha value is -1.04. The van der Waals surface area contributed by atoms with Crippen LogP contribution in [0.25, 0.3) is 0 Å². The van der Waals surface area contributed by atoms with Crippen LogP contribution in [0.4, 0.5) is 0 Å². The van der Waals surface area contributed by atoms with Gasteiger partial charge in [0.25, 0.3) is 0 Å². The summed E-state index contributed by atoms with van der Waals surface area (Å²) in [6.07, 6.45) is 18.2. The quantitative estimate of drug-likeness (QED) is 0.384. The van der Waals surface area contributed by atoms with Crippen molar-refractivity contribution >= 4 is 0 Å². The van der Waals surface area contributed by atoms with E-state index in [1.165, 1.54) is 12.8 Å². The summed E-state index contributed by atoms with van der Waals surface area (Å²) in [5.74, 6) is 0. The van der Waals surface area contributed by atoms with Gasteiger partial charge in [0.2, 0.25) is 0 Å². The topological polar surface area (TPSA) is 0 Å². The summed E-state index contributed by atoms with van der Waals surface area (Å²) in [4.78, 5) is 0. The summed E-state index contributed by atoms with van der Waals surface area (Å²) in [7, 11) is 0. The van der Waals surface area contributed by atoms with E-state index in [-0.39, 0.29) is 0 Å². The molecule has 0 unspecified atom stereocenters. The van der Waals surface area contributed by atoms with Gasteiger partial charge in [0.05, 0.1) is 0 Å². The summed E-state index contributed by atoms with van der Waals surface area (Å²) >= 11 is 0. The molecule has 0 aromatic rings. The molecule has 0 fully saturated rings. The highest BCUT2D eigenvalue weighted by atomic mass is 13.8. The van der Waals surface area contributed by atoms with E-state index in [9.17, 15) is 0 Å². The van der Waals surface area contributed by atoms with E-state index < -0.39 is 0 Å². The SMILES string of the molecule is C=CCC/C=C/C.C=CCCC/C=C/C. The van der Waals surface area contributed by atoms with Crippen molar-refractivity contribution in [1.29, 1.82) is 0 Å². The Morgan fingerprint density at radius 3 is 1.73 bits per heavy atom. The maximum Gasteiger partial charge on any atom is -0.0316 e. The Morgan fingerprint density at radius 1 is 0.733 bits per heavy atom. The second-order valence-corrected chi connectivity index (χ2v) is 3.22. The minimum Gasteiger partial charge on any atom is -0.103 e. The number of unbranched alkanes of at least 4 members (excludes halogenated alkanes) is 3. The first-order valence-electron chi connectivity index (χ1n) is 5.77. The molecular formula is C15H26. The molecule has 0 nitrogen and oxygen atoms in total. The number of hydrogen-bond donors (Lipinski definition) is 0. The van der Waals surface area contributed by atoms with Crippen LogP contribution >= 0.6 is 0 Å². The van der Waals surface area contributed by atoms with Gasteiger partial charge in [0, 0.05) is 0 Å². The van der Waals surface area contributed by atoms with Crippen molar-refractivity contribution in [2.75, 3.05) is 0 Å². The van der Waals surface area contributed by atoms with Gasteiger partial charge in [-0.3, -0.25) is 0 Å². The monoisotopic (exact) mass is 206 g/mol. The molecule has 86 valence electrons. The normalized spacial score (nSPS) is 10.0. The molecule has 0 aliphatic heterocycles. The average molecular weight is 206 g/mol. The number of rotatable bonds is 7. The molecule has 0 aromatic carbocycles. The van der Waals surface area contributed by atoms with E-state index >= 15 is 0 Å². The third-order valence-corrected chi connectivity index (χ3v) is 1.79. The van der Waals surface area contributed by atoms with Crippen molar-refractivity contribution in [2.45, 2.75) is 46.0 Å². The maximum atomic E-state index is 3.63. The standard InChI is InChI=1S/C8H14.C7H12/c1-3-5-7-8-6-4-2;1-3-5-7-6-4-2/h3-4,6H,1,5,7-8H2,2H3;3-4,6H,1,5,7H2,2H3/b2*6-4+. The van der Waals surface area contributed by atoms with Gasteiger partial charge in [0.1, 0.15) is 0 Å². The summed E-state index contributed by atoms with van der Waals surface area (Å²) in [6.45, 7) is 11.3. The zero-order valence-electron chi connectivity index (χ0n) is 10.4. The molecule has 15 heavy (non-hydrogen) atoms. The third-order valence-electron chi connectivity index (χ3n) is 1.79. The third kappa shape index (κ3) is 24.6. The first kappa shape index (κ1) is 16.4. The van der Waals surface area contributed by atoms with Gasteiger partial charge in [-0.2, -0.15) is 0 Å². The zero-order valence-corrected chi connectivity index (χ0v) is 10.4. The van der Waals surface area contributed by atoms with Crippen LogP contribution in [-0.4, -0.2) is 0 Å². The average Bonchev–Trinajstić information content (AvgIpc) is 2.26. The molecule has 0 rings (SSSR count). The van der Waals surface area contributed by atoms with Crippen LogP contribution in [0.3, 0.4) is 0 Å². The fourth-order valence-corrected chi connectivity index (χ4v) is 0.927. The van der Waals surface area contributed by atoms with Crippen LogP contribution in [0.5, 0.6) is 0 Å². The van der Waals surface area contributed by atoms with Crippen LogP contribution in [0.15, 0.2) is 49.6 Å². The largest absolute Gasteiger partial charge is 0.103 e. The van der Waals surface area contributed by atoms with Gasteiger partial charge < -0.3 is 0 Å². The maximum absolute atomic E-state index is 3.63. The molecule has 0 N–H and O–H groups in total. The van der Waals surface area contributed by atoms with Gasteiger partial charge in [-0.05, 0) is 46.0 Å². The molecular weight excluding hydrogens is 180 g/mol. The lowest BCUT2D eigenvalue weighted by Gasteiger charge is -1.85. The minimum atomic E-state index is 1.10. The second kappa shape index (κ2) is 18.7. The summed E-state index contributed by atoms with van der Waals surface area (Å²) in [5, 5.41) is 0. The van der Waals surface area contributed by atoms with Crippen LogP contribution in [0.1, 0.15) is 46.0 Å². The van der Waals surface area contributed by atoms with E-state index in [1.54, 1.807) is 0 Å². The van der Waals surface area contributed by atoms with E-state index in [0.717, 1.165) is 19.3 Å². The molecule has 0 bridgehead atoms. The first-order valence-corrected chi connectivity index (χ1v) is 5.77. The summed E-state index contributed by atoms with van der Waals surface area (Å²) < 4.78 is 0. The second-order valence-electron chi connectivity index (χ2n) is 3.22. The van der Waals surface area contributed by atoms with E-state index in [4.69, 9.17) is 0 Å². The van der Waals surface area contributed by atoms with Crippen molar-refractivity contribution in [3.8, 4) is 0 Å². The van der Waals surface area contributed by atoms with E-state index in [2.05, 4.69) is 37.5 Å². The van der Waals surface area contributed by atoms with E-state index in [1.807, 2.05) is 26.0 Å². The van der Waals surface area contributed by atoms with Gasteiger partial charge in [0.15, 0.2) is 0 Å². The zero-order chi connectivity index (χ0) is 11.8. The summed E-state index contributed by atoms with van der Waals surface area (Å²) in [6, 6.07) is 0. The first-order chi connectivity index (χ1) is 7.33. The fourth-order valence-electron chi connectivity index (χ4n) is 0.927. The van der Waals surface area contributed by atoms with Gasteiger partial charge in [-0.15, -0.1) is 13.2 Å². The van der Waals surface area contributed by atoms with Crippen LogP contribution in [0.2, 0.25) is 0 Å². The number of allylic oxidation sites excluding steroid dienone is 6. The molecule has 0 radical (unpaired) electrons. The molecule has 0 spiro atoms. The van der Waals surface area contributed by atoms with Crippen LogP contribution in [0, 0.1) is 0 Å². The smallest absolute Gasteiger partial charge is 0.0316 e. The molecule has 0 aliphatic rings. The lowest BCUT2D eigenvalue weighted by Crippen LogP contribution is -1.65. The molecule has 0 heteroatoms. The van der Waals surface area contributed by atoms with Gasteiger partial charge in [-0.1, -0.05) is 36.5 Å². The minimum absolute atomic E-state index is 1.10. The lowest BCUT2D eigenvalue weighted by molar-refractivity contribution is 0.869. The predicted molar refractivity (Wildman–Crippen MR) is 73.1 cm³/mol. The molecule has 0 heterocycles.